The van der Waals surface area contributed by atoms with Gasteiger partial charge in [-0.05, 0) is 37.3 Å². The number of pyridine rings is 1. The molecule has 1 N–H and O–H groups in total. The zero-order valence-corrected chi connectivity index (χ0v) is 16.0. The summed E-state index contributed by atoms with van der Waals surface area (Å²) < 4.78 is 1.70. The monoisotopic (exact) mass is 384 g/mol. The van der Waals surface area contributed by atoms with Crippen LogP contribution in [0.2, 0.25) is 0 Å². The molecule has 0 saturated carbocycles. The fourth-order valence-electron chi connectivity index (χ4n) is 3.66. The van der Waals surface area contributed by atoms with Crippen LogP contribution in [0.4, 0.5) is 0 Å². The van der Waals surface area contributed by atoms with Crippen LogP contribution in [-0.2, 0) is 11.8 Å². The van der Waals surface area contributed by atoms with Crippen molar-refractivity contribution in [2.45, 2.75) is 19.8 Å². The zero-order valence-electron chi connectivity index (χ0n) is 15.2. The normalized spacial score (nSPS) is 15.4. The Morgan fingerprint density at radius 3 is 2.67 bits per heavy atom. The predicted octanol–water partition coefficient (Wildman–Crippen LogP) is 2.94. The number of nitrogens with zero attached hydrogens (tertiary/aromatic N) is 4. The van der Waals surface area contributed by atoms with Gasteiger partial charge in [0.2, 0.25) is 0 Å². The maximum absolute atomic E-state index is 13.3. The van der Waals surface area contributed by atoms with Crippen LogP contribution in [0, 0.1) is 12.8 Å². The summed E-state index contributed by atoms with van der Waals surface area (Å²) in [6.07, 6.45) is 0.970. The van der Waals surface area contributed by atoms with Gasteiger partial charge in [-0.15, -0.1) is 11.3 Å². The standard InChI is InChI=1S/C19H20N4O3S/c1-11-16-13(18(24)23-7-5-12(6-8-23)19(25)26)10-14(15-4-3-9-27-15)20-17(16)22(2)21-11/h3-4,9-10,12H,5-8H2,1-2H3,(H,25,26). The number of carboxylic acid groups (broad SMARTS) is 1. The second kappa shape index (κ2) is 6.77. The topological polar surface area (TPSA) is 88.3 Å². The van der Waals surface area contributed by atoms with Gasteiger partial charge in [-0.2, -0.15) is 5.10 Å². The summed E-state index contributed by atoms with van der Waals surface area (Å²) >= 11 is 1.57. The smallest absolute Gasteiger partial charge is 0.306 e. The molecule has 3 aromatic heterocycles. The third-order valence-corrected chi connectivity index (χ3v) is 6.00. The van der Waals surface area contributed by atoms with Gasteiger partial charge >= 0.3 is 5.97 Å². The molecule has 1 aliphatic rings. The third-order valence-electron chi connectivity index (χ3n) is 5.10. The molecule has 0 bridgehead atoms. The summed E-state index contributed by atoms with van der Waals surface area (Å²) in [5, 5.41) is 16.4. The maximum atomic E-state index is 13.3. The molecule has 7 nitrogen and oxygen atoms in total. The molecule has 4 rings (SSSR count). The number of aromatic nitrogens is 3. The van der Waals surface area contributed by atoms with Crippen molar-refractivity contribution in [3.8, 4) is 10.6 Å². The zero-order chi connectivity index (χ0) is 19.1. The van der Waals surface area contributed by atoms with E-state index in [1.54, 1.807) is 20.9 Å². The maximum Gasteiger partial charge on any atom is 0.306 e. The highest BCUT2D eigenvalue weighted by molar-refractivity contribution is 7.13. The fraction of sp³-hybridized carbons (Fsp3) is 0.368. The minimum absolute atomic E-state index is 0.0832. The summed E-state index contributed by atoms with van der Waals surface area (Å²) in [5.41, 5.74) is 2.79. The Bertz CT molecular complexity index is 1020. The van der Waals surface area contributed by atoms with Gasteiger partial charge in [-0.3, -0.25) is 14.3 Å². The lowest BCUT2D eigenvalue weighted by Crippen LogP contribution is -2.40. The Morgan fingerprint density at radius 1 is 1.30 bits per heavy atom. The molecule has 1 amide bonds. The van der Waals surface area contributed by atoms with Gasteiger partial charge in [0, 0.05) is 20.1 Å². The van der Waals surface area contributed by atoms with E-state index in [0.717, 1.165) is 21.7 Å². The second-order valence-corrected chi connectivity index (χ2v) is 7.79. The number of likely N-dealkylation sites (tertiary alicyclic amines) is 1. The van der Waals surface area contributed by atoms with Gasteiger partial charge in [0.05, 0.1) is 33.1 Å². The molecule has 1 saturated heterocycles. The first-order chi connectivity index (χ1) is 13.0. The lowest BCUT2D eigenvalue weighted by atomic mass is 9.96. The van der Waals surface area contributed by atoms with Crippen LogP contribution in [0.5, 0.6) is 0 Å². The quantitative estimate of drug-likeness (QED) is 0.750. The van der Waals surface area contributed by atoms with Crippen molar-refractivity contribution in [1.29, 1.82) is 0 Å². The first kappa shape index (κ1) is 17.7. The van der Waals surface area contributed by atoms with Crippen molar-refractivity contribution in [1.82, 2.24) is 19.7 Å². The molecule has 3 aromatic rings. The summed E-state index contributed by atoms with van der Waals surface area (Å²) in [5.74, 6) is -1.23. The first-order valence-corrected chi connectivity index (χ1v) is 9.74. The lowest BCUT2D eigenvalue weighted by Gasteiger charge is -2.30. The minimum Gasteiger partial charge on any atom is -0.481 e. The summed E-state index contributed by atoms with van der Waals surface area (Å²) in [7, 11) is 1.83. The van der Waals surface area contributed by atoms with E-state index < -0.39 is 5.97 Å². The molecule has 8 heteroatoms. The van der Waals surface area contributed by atoms with Gasteiger partial charge in [-0.25, -0.2) is 4.98 Å². The Kier molecular flexibility index (Phi) is 4.43. The van der Waals surface area contributed by atoms with Crippen LogP contribution in [-0.4, -0.2) is 49.7 Å². The second-order valence-electron chi connectivity index (χ2n) is 6.84. The number of hydrogen-bond donors (Lipinski definition) is 1. The molecule has 0 aromatic carbocycles. The van der Waals surface area contributed by atoms with Crippen molar-refractivity contribution >= 4 is 34.2 Å². The highest BCUT2D eigenvalue weighted by atomic mass is 32.1. The number of rotatable bonds is 3. The van der Waals surface area contributed by atoms with E-state index in [9.17, 15) is 14.7 Å². The Morgan fingerprint density at radius 2 is 2.04 bits per heavy atom. The van der Waals surface area contributed by atoms with Crippen molar-refractivity contribution in [3.05, 3.63) is 34.8 Å². The highest BCUT2D eigenvalue weighted by Crippen LogP contribution is 2.30. The van der Waals surface area contributed by atoms with E-state index in [-0.39, 0.29) is 11.8 Å². The average Bonchev–Trinajstić information content (AvgIpc) is 3.29. The van der Waals surface area contributed by atoms with E-state index in [1.807, 2.05) is 37.6 Å². The number of carbonyl (C=O) groups is 2. The highest BCUT2D eigenvalue weighted by Gasteiger charge is 2.29. The number of amides is 1. The third kappa shape index (κ3) is 3.10. The molecule has 0 spiro atoms. The van der Waals surface area contributed by atoms with Gasteiger partial charge in [0.1, 0.15) is 0 Å². The molecule has 27 heavy (non-hydrogen) atoms. The van der Waals surface area contributed by atoms with Crippen molar-refractivity contribution in [2.24, 2.45) is 13.0 Å². The van der Waals surface area contributed by atoms with Crippen molar-refractivity contribution < 1.29 is 14.7 Å². The Labute approximate surface area is 160 Å². The van der Waals surface area contributed by atoms with Crippen LogP contribution in [0.25, 0.3) is 21.6 Å². The molecule has 140 valence electrons. The van der Waals surface area contributed by atoms with Crippen molar-refractivity contribution in [2.75, 3.05) is 13.1 Å². The van der Waals surface area contributed by atoms with E-state index in [4.69, 9.17) is 4.98 Å². The molecule has 0 aliphatic carbocycles. The van der Waals surface area contributed by atoms with Gasteiger partial charge in [0.15, 0.2) is 5.65 Å². The van der Waals surface area contributed by atoms with Crippen LogP contribution in [0.3, 0.4) is 0 Å². The van der Waals surface area contributed by atoms with E-state index in [0.29, 0.717) is 37.1 Å². The molecular weight excluding hydrogens is 364 g/mol. The van der Waals surface area contributed by atoms with Gasteiger partial charge < -0.3 is 10.0 Å². The number of hydrogen-bond acceptors (Lipinski definition) is 5. The van der Waals surface area contributed by atoms with Crippen LogP contribution < -0.4 is 0 Å². The largest absolute Gasteiger partial charge is 0.481 e. The Hall–Kier alpha value is -2.74. The molecular formula is C19H20N4O3S. The van der Waals surface area contributed by atoms with Crippen LogP contribution >= 0.6 is 11.3 Å². The first-order valence-electron chi connectivity index (χ1n) is 8.86. The summed E-state index contributed by atoms with van der Waals surface area (Å²) in [4.78, 5) is 31.9. The van der Waals surface area contributed by atoms with Crippen LogP contribution in [0.15, 0.2) is 23.6 Å². The number of piperidine rings is 1. The molecule has 1 fully saturated rings. The summed E-state index contributed by atoms with van der Waals surface area (Å²) in [6.45, 7) is 2.78. The number of aliphatic carboxylic acids is 1. The molecule has 4 heterocycles. The molecule has 0 unspecified atom stereocenters. The SMILES string of the molecule is Cc1nn(C)c2nc(-c3cccs3)cc(C(=O)N3CCC(C(=O)O)CC3)c12. The average molecular weight is 384 g/mol. The lowest BCUT2D eigenvalue weighted by molar-refractivity contribution is -0.143. The van der Waals surface area contributed by atoms with Gasteiger partial charge in [0.25, 0.3) is 5.91 Å². The van der Waals surface area contributed by atoms with E-state index >= 15 is 0 Å². The number of fused-ring (bicyclic) bond motifs is 1. The number of carboxylic acids is 1. The molecule has 0 radical (unpaired) electrons. The number of carbonyl (C=O) groups excluding carboxylic acids is 1. The van der Waals surface area contributed by atoms with E-state index in [2.05, 4.69) is 5.10 Å². The number of thiophene rings is 1. The van der Waals surface area contributed by atoms with Crippen molar-refractivity contribution in [3.63, 3.8) is 0 Å². The van der Waals surface area contributed by atoms with Gasteiger partial charge in [-0.1, -0.05) is 6.07 Å². The van der Waals surface area contributed by atoms with E-state index in [1.165, 1.54) is 0 Å². The Balaban J connectivity index is 1.76. The fourth-order valence-corrected chi connectivity index (χ4v) is 4.35. The summed E-state index contributed by atoms with van der Waals surface area (Å²) in [6, 6.07) is 5.78. The molecule has 1 aliphatic heterocycles. The minimum atomic E-state index is -0.781. The predicted molar refractivity (Wildman–Crippen MR) is 103 cm³/mol. The van der Waals surface area contributed by atoms with Crippen LogP contribution in [0.1, 0.15) is 28.9 Å². The molecule has 0 atom stereocenters. The number of aryl methyl sites for hydroxylation is 2.